The van der Waals surface area contributed by atoms with E-state index in [-0.39, 0.29) is 0 Å². The van der Waals surface area contributed by atoms with Crippen LogP contribution in [0.5, 0.6) is 0 Å². The Labute approximate surface area is 141 Å². The quantitative estimate of drug-likeness (QED) is 0.754. The highest BCUT2D eigenvalue weighted by Crippen LogP contribution is 2.21. The summed E-state index contributed by atoms with van der Waals surface area (Å²) in [6, 6.07) is 8.61. The van der Waals surface area contributed by atoms with Crippen molar-refractivity contribution in [2.45, 2.75) is 46.8 Å². The number of nitrogens with one attached hydrogen (secondary N) is 1. The Hall–Kier alpha value is -2.70. The van der Waals surface area contributed by atoms with Gasteiger partial charge in [0.15, 0.2) is 0 Å². The second kappa shape index (κ2) is 6.82. The minimum absolute atomic E-state index is 0.390. The van der Waals surface area contributed by atoms with Crippen molar-refractivity contribution in [3.8, 4) is 11.3 Å². The fourth-order valence-corrected chi connectivity index (χ4v) is 2.63. The smallest absolute Gasteiger partial charge is 0.113 e. The summed E-state index contributed by atoms with van der Waals surface area (Å²) < 4.78 is 3.72. The third kappa shape index (κ3) is 3.45. The van der Waals surface area contributed by atoms with E-state index in [1.807, 2.05) is 34.6 Å². The second-order valence-electron chi connectivity index (χ2n) is 6.12. The van der Waals surface area contributed by atoms with Crippen molar-refractivity contribution < 1.29 is 0 Å². The number of nitrogens with zero attached hydrogens (tertiary/aromatic N) is 6. The number of benzene rings is 1. The first-order valence-electron chi connectivity index (χ1n) is 8.23. The molecule has 0 atom stereocenters. The summed E-state index contributed by atoms with van der Waals surface area (Å²) in [5.41, 5.74) is 4.98. The molecule has 7 heteroatoms. The fourth-order valence-electron chi connectivity index (χ4n) is 2.63. The van der Waals surface area contributed by atoms with Crippen molar-refractivity contribution in [1.82, 2.24) is 30.0 Å². The van der Waals surface area contributed by atoms with Crippen LogP contribution in [0.2, 0.25) is 0 Å². The maximum atomic E-state index is 4.31. The van der Waals surface area contributed by atoms with Crippen LogP contribution >= 0.6 is 0 Å². The molecule has 24 heavy (non-hydrogen) atoms. The summed E-state index contributed by atoms with van der Waals surface area (Å²) in [5.74, 6) is 0. The van der Waals surface area contributed by atoms with Gasteiger partial charge in [0.2, 0.25) is 0 Å². The largest absolute Gasteiger partial charge is 0.383 e. The highest BCUT2D eigenvalue weighted by Gasteiger charge is 2.11. The maximum absolute atomic E-state index is 4.31. The summed E-state index contributed by atoms with van der Waals surface area (Å²) in [4.78, 5) is 0. The summed E-state index contributed by atoms with van der Waals surface area (Å²) in [7, 11) is 0. The van der Waals surface area contributed by atoms with Crippen molar-refractivity contribution in [2.24, 2.45) is 0 Å². The number of aryl methyl sites for hydroxylation is 2. The molecular weight excluding hydrogens is 302 g/mol. The van der Waals surface area contributed by atoms with Crippen molar-refractivity contribution >= 4 is 5.69 Å². The van der Waals surface area contributed by atoms with E-state index in [1.54, 1.807) is 0 Å². The average molecular weight is 325 g/mol. The highest BCUT2D eigenvalue weighted by atomic mass is 15.5. The van der Waals surface area contributed by atoms with E-state index >= 15 is 0 Å². The van der Waals surface area contributed by atoms with Gasteiger partial charge in [-0.2, -0.15) is 0 Å². The minimum atomic E-state index is 0.390. The summed E-state index contributed by atoms with van der Waals surface area (Å²) in [6.07, 6.45) is 1.96. The zero-order valence-corrected chi connectivity index (χ0v) is 14.6. The number of rotatable bonds is 6. The number of hydrogen-bond acceptors (Lipinski definition) is 5. The molecule has 0 radical (unpaired) electrons. The van der Waals surface area contributed by atoms with Crippen LogP contribution in [0.25, 0.3) is 11.3 Å². The number of aromatic nitrogens is 6. The van der Waals surface area contributed by atoms with Crippen LogP contribution in [0.1, 0.15) is 32.2 Å². The van der Waals surface area contributed by atoms with Gasteiger partial charge < -0.3 is 5.32 Å². The van der Waals surface area contributed by atoms with Crippen LogP contribution in [0.3, 0.4) is 0 Å². The third-order valence-electron chi connectivity index (χ3n) is 3.80. The predicted molar refractivity (Wildman–Crippen MR) is 93.8 cm³/mol. The van der Waals surface area contributed by atoms with Gasteiger partial charge in [-0.3, -0.25) is 0 Å². The van der Waals surface area contributed by atoms with Gasteiger partial charge in [-0.1, -0.05) is 22.6 Å². The molecule has 3 aromatic rings. The van der Waals surface area contributed by atoms with Gasteiger partial charge in [0.05, 0.1) is 24.1 Å². The minimum Gasteiger partial charge on any atom is -0.383 e. The lowest BCUT2D eigenvalue weighted by atomic mass is 10.1. The third-order valence-corrected chi connectivity index (χ3v) is 3.80. The average Bonchev–Trinajstić information content (AvgIpc) is 3.15. The normalized spacial score (nSPS) is 11.2. The van der Waals surface area contributed by atoms with Gasteiger partial charge in [-0.25, -0.2) is 9.36 Å². The molecule has 1 aromatic carbocycles. The molecule has 1 N–H and O–H groups in total. The van der Waals surface area contributed by atoms with E-state index < -0.39 is 0 Å². The van der Waals surface area contributed by atoms with Gasteiger partial charge >= 0.3 is 0 Å². The molecule has 2 heterocycles. The molecule has 0 bridgehead atoms. The molecule has 0 saturated carbocycles. The molecule has 126 valence electrons. The van der Waals surface area contributed by atoms with Crippen molar-refractivity contribution in [3.05, 3.63) is 41.9 Å². The van der Waals surface area contributed by atoms with Crippen LogP contribution < -0.4 is 5.32 Å². The Bertz CT molecular complexity index is 816. The second-order valence-corrected chi connectivity index (χ2v) is 6.12. The maximum Gasteiger partial charge on any atom is 0.113 e. The number of anilines is 1. The standard InChI is InChI=1S/C17H23N7/c1-5-24-17(13(4)19-22-24)11-23-10-16(20-21-23)14-7-6-8-15(9-14)18-12(2)3/h6-10,12,18H,5,11H2,1-4H3. The molecule has 3 rings (SSSR count). The highest BCUT2D eigenvalue weighted by molar-refractivity contribution is 5.64. The molecule has 0 aliphatic heterocycles. The van der Waals surface area contributed by atoms with E-state index in [0.29, 0.717) is 12.6 Å². The molecule has 0 aliphatic carbocycles. The zero-order chi connectivity index (χ0) is 17.1. The van der Waals surface area contributed by atoms with Gasteiger partial charge in [0.1, 0.15) is 5.69 Å². The SMILES string of the molecule is CCn1nnc(C)c1Cn1cc(-c2cccc(NC(C)C)c2)nn1. The van der Waals surface area contributed by atoms with Gasteiger partial charge in [-0.05, 0) is 39.8 Å². The first kappa shape index (κ1) is 16.2. The van der Waals surface area contributed by atoms with Crippen LogP contribution in [0.4, 0.5) is 5.69 Å². The van der Waals surface area contributed by atoms with E-state index in [0.717, 1.165) is 34.9 Å². The lowest BCUT2D eigenvalue weighted by molar-refractivity contribution is 0.556. The van der Waals surface area contributed by atoms with E-state index in [1.165, 1.54) is 0 Å². The monoisotopic (exact) mass is 325 g/mol. The zero-order valence-electron chi connectivity index (χ0n) is 14.6. The molecule has 0 spiro atoms. The van der Waals surface area contributed by atoms with Crippen molar-refractivity contribution in [3.63, 3.8) is 0 Å². The van der Waals surface area contributed by atoms with E-state index in [9.17, 15) is 0 Å². The lowest BCUT2D eigenvalue weighted by Gasteiger charge is -2.10. The lowest BCUT2D eigenvalue weighted by Crippen LogP contribution is -2.09. The molecular formula is C17H23N7. The first-order valence-corrected chi connectivity index (χ1v) is 8.23. The van der Waals surface area contributed by atoms with Crippen LogP contribution in [-0.2, 0) is 13.1 Å². The van der Waals surface area contributed by atoms with Gasteiger partial charge in [-0.15, -0.1) is 10.2 Å². The first-order chi connectivity index (χ1) is 11.6. The summed E-state index contributed by atoms with van der Waals surface area (Å²) >= 11 is 0. The Kier molecular flexibility index (Phi) is 4.59. The predicted octanol–water partition coefficient (Wildman–Crippen LogP) is 2.73. The Balaban J connectivity index is 1.82. The molecule has 0 fully saturated rings. The van der Waals surface area contributed by atoms with E-state index in [2.05, 4.69) is 58.8 Å². The Morgan fingerprint density at radius 2 is 2.00 bits per heavy atom. The van der Waals surface area contributed by atoms with Gasteiger partial charge in [0.25, 0.3) is 0 Å². The molecule has 7 nitrogen and oxygen atoms in total. The summed E-state index contributed by atoms with van der Waals surface area (Å²) in [5, 5.41) is 20.2. The number of hydrogen-bond donors (Lipinski definition) is 1. The van der Waals surface area contributed by atoms with Gasteiger partial charge in [0, 0.05) is 23.8 Å². The van der Waals surface area contributed by atoms with Crippen molar-refractivity contribution in [1.29, 1.82) is 0 Å². The van der Waals surface area contributed by atoms with Crippen molar-refractivity contribution in [2.75, 3.05) is 5.32 Å². The van der Waals surface area contributed by atoms with Crippen LogP contribution in [-0.4, -0.2) is 36.0 Å². The molecule has 0 saturated heterocycles. The fraction of sp³-hybridized carbons (Fsp3) is 0.412. The molecule has 0 aliphatic rings. The molecule has 0 unspecified atom stereocenters. The summed E-state index contributed by atoms with van der Waals surface area (Å²) in [6.45, 7) is 9.67. The topological polar surface area (TPSA) is 73.5 Å². The van der Waals surface area contributed by atoms with E-state index in [4.69, 9.17) is 0 Å². The Morgan fingerprint density at radius 1 is 1.17 bits per heavy atom. The molecule has 0 amide bonds. The Morgan fingerprint density at radius 3 is 2.75 bits per heavy atom. The van der Waals surface area contributed by atoms with Crippen LogP contribution in [0, 0.1) is 6.92 Å². The molecule has 2 aromatic heterocycles. The van der Waals surface area contributed by atoms with Crippen LogP contribution in [0.15, 0.2) is 30.5 Å².